The molecule has 0 bridgehead atoms. The van der Waals surface area contributed by atoms with E-state index in [4.69, 9.17) is 9.72 Å². The number of aromatic nitrogens is 2. The van der Waals surface area contributed by atoms with Gasteiger partial charge in [0.25, 0.3) is 5.91 Å². The molecule has 8 nitrogen and oxygen atoms in total. The van der Waals surface area contributed by atoms with Crippen molar-refractivity contribution in [3.05, 3.63) is 78.1 Å². The van der Waals surface area contributed by atoms with Crippen LogP contribution in [0.25, 0.3) is 10.2 Å². The van der Waals surface area contributed by atoms with Crippen LogP contribution in [0, 0.1) is 11.8 Å². The van der Waals surface area contributed by atoms with Gasteiger partial charge in [0.05, 0.1) is 28.4 Å². The average Bonchev–Trinajstić information content (AvgIpc) is 3.37. The van der Waals surface area contributed by atoms with Crippen LogP contribution in [0.1, 0.15) is 43.2 Å². The van der Waals surface area contributed by atoms with Gasteiger partial charge in [0.1, 0.15) is 11.3 Å². The van der Waals surface area contributed by atoms with Crippen molar-refractivity contribution in [2.75, 3.05) is 24.6 Å². The third kappa shape index (κ3) is 5.83. The molecule has 1 aliphatic heterocycles. The van der Waals surface area contributed by atoms with Crippen LogP contribution in [-0.2, 0) is 16.6 Å². The number of thiazole rings is 1. The molecule has 2 aromatic carbocycles. The van der Waals surface area contributed by atoms with E-state index in [2.05, 4.69) is 18.8 Å². The quantitative estimate of drug-likeness (QED) is 0.277. The summed E-state index contributed by atoms with van der Waals surface area (Å²) in [6, 6.07) is 17.5. The fourth-order valence-electron chi connectivity index (χ4n) is 5.06. The van der Waals surface area contributed by atoms with E-state index < -0.39 is 10.0 Å². The zero-order valence-corrected chi connectivity index (χ0v) is 23.9. The van der Waals surface area contributed by atoms with Gasteiger partial charge in [-0.25, -0.2) is 13.4 Å². The monoisotopic (exact) mass is 564 g/mol. The summed E-state index contributed by atoms with van der Waals surface area (Å²) >= 11 is 1.40. The molecular weight excluding hydrogens is 532 g/mol. The second-order valence-corrected chi connectivity index (χ2v) is 13.0. The van der Waals surface area contributed by atoms with Crippen molar-refractivity contribution in [2.45, 2.75) is 38.6 Å². The van der Waals surface area contributed by atoms with Gasteiger partial charge in [-0.1, -0.05) is 37.3 Å². The summed E-state index contributed by atoms with van der Waals surface area (Å²) in [5.41, 5.74) is 1.78. The van der Waals surface area contributed by atoms with Gasteiger partial charge in [-0.15, -0.1) is 0 Å². The Balaban J connectivity index is 1.47. The molecule has 204 valence electrons. The normalized spacial score (nSPS) is 18.2. The minimum absolute atomic E-state index is 0.193. The molecule has 39 heavy (non-hydrogen) atoms. The number of carbonyl (C=O) groups is 1. The summed E-state index contributed by atoms with van der Waals surface area (Å²) in [7, 11) is -3.64. The molecule has 4 aromatic rings. The van der Waals surface area contributed by atoms with Crippen molar-refractivity contribution < 1.29 is 17.9 Å². The predicted octanol–water partition coefficient (Wildman–Crippen LogP) is 5.60. The second kappa shape index (κ2) is 11.4. The Bertz CT molecular complexity index is 1550. The molecule has 10 heteroatoms. The topological polar surface area (TPSA) is 92.7 Å². The lowest BCUT2D eigenvalue weighted by atomic mass is 9.94. The van der Waals surface area contributed by atoms with Gasteiger partial charge in [-0.05, 0) is 73.7 Å². The number of benzene rings is 2. The predicted molar refractivity (Wildman–Crippen MR) is 154 cm³/mol. The molecule has 2 atom stereocenters. The summed E-state index contributed by atoms with van der Waals surface area (Å²) in [6.45, 7) is 7.81. The summed E-state index contributed by atoms with van der Waals surface area (Å²) < 4.78 is 34.9. The number of piperidine rings is 1. The molecule has 2 unspecified atom stereocenters. The van der Waals surface area contributed by atoms with Gasteiger partial charge in [0.15, 0.2) is 5.13 Å². The molecule has 0 N–H and O–H groups in total. The van der Waals surface area contributed by atoms with E-state index in [9.17, 15) is 13.2 Å². The number of sulfonamides is 1. The Labute approximate surface area is 233 Å². The van der Waals surface area contributed by atoms with Crippen LogP contribution < -0.4 is 9.64 Å². The lowest BCUT2D eigenvalue weighted by Gasteiger charge is -2.34. The van der Waals surface area contributed by atoms with Crippen LogP contribution in [-0.4, -0.2) is 48.3 Å². The third-order valence-corrected chi connectivity index (χ3v) is 9.66. The highest BCUT2D eigenvalue weighted by atomic mass is 32.2. The molecule has 2 aromatic heterocycles. The molecule has 0 saturated carbocycles. The fraction of sp³-hybridized carbons (Fsp3) is 0.345. The molecule has 1 amide bonds. The van der Waals surface area contributed by atoms with Gasteiger partial charge < -0.3 is 4.74 Å². The summed E-state index contributed by atoms with van der Waals surface area (Å²) in [6.07, 6.45) is 2.70. The fourth-order valence-corrected chi connectivity index (χ4v) is 7.72. The van der Waals surface area contributed by atoms with Gasteiger partial charge in [-0.2, -0.15) is 4.31 Å². The Morgan fingerprint density at radius 2 is 1.79 bits per heavy atom. The summed E-state index contributed by atoms with van der Waals surface area (Å²) in [4.78, 5) is 24.8. The van der Waals surface area contributed by atoms with E-state index in [-0.39, 0.29) is 17.3 Å². The maximum Gasteiger partial charge on any atom is 0.260 e. The van der Waals surface area contributed by atoms with E-state index in [1.807, 2.05) is 43.3 Å². The lowest BCUT2D eigenvalue weighted by Crippen LogP contribution is -2.42. The molecule has 1 saturated heterocycles. The zero-order valence-electron chi connectivity index (χ0n) is 22.3. The van der Waals surface area contributed by atoms with Crippen LogP contribution >= 0.6 is 11.3 Å². The highest BCUT2D eigenvalue weighted by molar-refractivity contribution is 7.89. The van der Waals surface area contributed by atoms with Crippen LogP contribution in [0.4, 0.5) is 5.13 Å². The first-order valence-corrected chi connectivity index (χ1v) is 15.4. The Hall–Kier alpha value is -3.34. The van der Waals surface area contributed by atoms with Gasteiger partial charge >= 0.3 is 0 Å². The van der Waals surface area contributed by atoms with Crippen molar-refractivity contribution in [1.82, 2.24) is 14.3 Å². The molecule has 0 aliphatic carbocycles. The van der Waals surface area contributed by atoms with E-state index in [0.29, 0.717) is 59.2 Å². The number of pyridine rings is 1. The number of hydrogen-bond donors (Lipinski definition) is 0. The number of ether oxygens (including phenoxy) is 1. The number of fused-ring (bicyclic) bond motifs is 1. The zero-order chi connectivity index (χ0) is 27.6. The number of anilines is 1. The highest BCUT2D eigenvalue weighted by Gasteiger charge is 2.32. The average molecular weight is 565 g/mol. The smallest absolute Gasteiger partial charge is 0.260 e. The van der Waals surface area contributed by atoms with Gasteiger partial charge in [0.2, 0.25) is 10.0 Å². The van der Waals surface area contributed by atoms with Crippen molar-refractivity contribution >= 4 is 42.6 Å². The first kappa shape index (κ1) is 27.2. The van der Waals surface area contributed by atoms with Crippen LogP contribution in [0.15, 0.2) is 71.8 Å². The number of carbonyl (C=O) groups excluding carboxylic acids is 1. The van der Waals surface area contributed by atoms with Crippen molar-refractivity contribution in [3.63, 3.8) is 0 Å². The summed E-state index contributed by atoms with van der Waals surface area (Å²) in [5.74, 6) is 0.989. The number of rotatable bonds is 8. The number of para-hydroxylation sites is 1. The van der Waals surface area contributed by atoms with Crippen LogP contribution in [0.5, 0.6) is 5.75 Å². The highest BCUT2D eigenvalue weighted by Crippen LogP contribution is 2.35. The Morgan fingerprint density at radius 3 is 2.46 bits per heavy atom. The SMILES string of the molecule is CCOc1cccc2sc(N(Cc3ccccn3)C(=O)c3ccc(S(=O)(=O)N4CC(C)CC(C)C4)cc3)nc12. The molecule has 0 spiro atoms. The Morgan fingerprint density at radius 1 is 1.05 bits per heavy atom. The minimum atomic E-state index is -3.64. The van der Waals surface area contributed by atoms with Crippen LogP contribution in [0.2, 0.25) is 0 Å². The number of amides is 1. The Kier molecular flexibility index (Phi) is 7.97. The summed E-state index contributed by atoms with van der Waals surface area (Å²) in [5, 5.41) is 0.515. The standard InChI is InChI=1S/C29H32N4O4S2/c1-4-37-25-9-7-10-26-27(25)31-29(38-26)33(19-23-8-5-6-15-30-23)28(34)22-11-13-24(14-12-22)39(35,36)32-17-20(2)16-21(3)18-32/h5-15,20-21H,4,16-19H2,1-3H3. The molecule has 0 radical (unpaired) electrons. The van der Waals surface area contributed by atoms with Crippen molar-refractivity contribution in [3.8, 4) is 5.75 Å². The molecular formula is C29H32N4O4S2. The van der Waals surface area contributed by atoms with Crippen molar-refractivity contribution in [1.29, 1.82) is 0 Å². The maximum absolute atomic E-state index is 13.9. The van der Waals surface area contributed by atoms with E-state index in [1.54, 1.807) is 27.5 Å². The maximum atomic E-state index is 13.9. The van der Waals surface area contributed by atoms with Gasteiger partial charge in [0, 0.05) is 24.8 Å². The minimum Gasteiger partial charge on any atom is -0.492 e. The largest absolute Gasteiger partial charge is 0.492 e. The molecule has 1 fully saturated rings. The van der Waals surface area contributed by atoms with Crippen LogP contribution in [0.3, 0.4) is 0 Å². The molecule has 1 aliphatic rings. The van der Waals surface area contributed by atoms with E-state index in [1.165, 1.54) is 23.5 Å². The van der Waals surface area contributed by atoms with Crippen molar-refractivity contribution in [2.24, 2.45) is 11.8 Å². The number of nitrogens with zero attached hydrogens (tertiary/aromatic N) is 4. The van der Waals surface area contributed by atoms with E-state index in [0.717, 1.165) is 11.1 Å². The molecule has 3 heterocycles. The number of hydrogen-bond acceptors (Lipinski definition) is 7. The molecule has 5 rings (SSSR count). The third-order valence-electron chi connectivity index (χ3n) is 6.77. The first-order valence-electron chi connectivity index (χ1n) is 13.1. The van der Waals surface area contributed by atoms with Gasteiger partial charge in [-0.3, -0.25) is 14.7 Å². The second-order valence-electron chi connectivity index (χ2n) is 10.0. The first-order chi connectivity index (χ1) is 18.8. The van der Waals surface area contributed by atoms with E-state index >= 15 is 0 Å². The lowest BCUT2D eigenvalue weighted by molar-refractivity contribution is 0.0984.